The van der Waals surface area contributed by atoms with Crippen molar-refractivity contribution < 1.29 is 13.9 Å². The minimum atomic E-state index is -0.340. The van der Waals surface area contributed by atoms with Gasteiger partial charge in [-0.15, -0.1) is 10.2 Å². The van der Waals surface area contributed by atoms with E-state index in [0.717, 1.165) is 5.56 Å². The highest BCUT2D eigenvalue weighted by molar-refractivity contribution is 6.02. The Morgan fingerprint density at radius 3 is 2.78 bits per heavy atom. The number of carbonyl (C=O) groups is 1. The van der Waals surface area contributed by atoms with Crippen LogP contribution in [0.1, 0.15) is 16.4 Å². The quantitative estimate of drug-likeness (QED) is 0.546. The van der Waals surface area contributed by atoms with E-state index in [1.807, 2.05) is 30.3 Å². The van der Waals surface area contributed by atoms with E-state index in [0.29, 0.717) is 23.0 Å². The second kappa shape index (κ2) is 7.52. The van der Waals surface area contributed by atoms with Crippen molar-refractivity contribution in [1.29, 1.82) is 0 Å². The summed E-state index contributed by atoms with van der Waals surface area (Å²) in [6.45, 7) is 0.173. The molecule has 2 heterocycles. The molecule has 0 aliphatic heterocycles. The van der Waals surface area contributed by atoms with Gasteiger partial charge in [-0.2, -0.15) is 5.21 Å². The maximum atomic E-state index is 12.4. The Bertz CT molecular complexity index is 1030. The number of aromatic amines is 1. The second-order valence-electron chi connectivity index (χ2n) is 5.63. The molecule has 4 rings (SSSR count). The van der Waals surface area contributed by atoms with Crippen molar-refractivity contribution in [3.8, 4) is 17.1 Å². The molecule has 0 fully saturated rings. The van der Waals surface area contributed by atoms with Gasteiger partial charge < -0.3 is 14.5 Å². The van der Waals surface area contributed by atoms with Crippen LogP contribution < -0.4 is 10.1 Å². The lowest BCUT2D eigenvalue weighted by molar-refractivity contribution is 0.0997. The Kier molecular flexibility index (Phi) is 4.60. The van der Waals surface area contributed by atoms with Crippen molar-refractivity contribution >= 4 is 11.6 Å². The minimum absolute atomic E-state index is 0.173. The number of amides is 1. The van der Waals surface area contributed by atoms with Crippen LogP contribution in [-0.2, 0) is 6.61 Å². The molecular formula is C19H15N5O3. The Morgan fingerprint density at radius 1 is 1.07 bits per heavy atom. The first-order chi connectivity index (χ1) is 13.3. The van der Waals surface area contributed by atoms with Gasteiger partial charge in [0.1, 0.15) is 11.5 Å². The van der Waals surface area contributed by atoms with Crippen molar-refractivity contribution in [1.82, 2.24) is 20.6 Å². The lowest BCUT2D eigenvalue weighted by Gasteiger charge is -2.07. The molecule has 0 aliphatic rings. The Hall–Kier alpha value is -3.94. The highest BCUT2D eigenvalue weighted by atomic mass is 16.5. The van der Waals surface area contributed by atoms with Gasteiger partial charge in [0.15, 0.2) is 12.4 Å². The summed E-state index contributed by atoms with van der Waals surface area (Å²) in [5.41, 5.74) is 1.50. The van der Waals surface area contributed by atoms with Gasteiger partial charge in [0.25, 0.3) is 5.91 Å². The summed E-state index contributed by atoms with van der Waals surface area (Å²) < 4.78 is 11.2. The first-order valence-corrected chi connectivity index (χ1v) is 8.20. The number of H-pyrrole nitrogens is 1. The molecule has 0 radical (unpaired) electrons. The van der Waals surface area contributed by atoms with Crippen LogP contribution in [0, 0.1) is 0 Å². The number of benzene rings is 2. The van der Waals surface area contributed by atoms with Crippen LogP contribution in [0.25, 0.3) is 11.3 Å². The van der Waals surface area contributed by atoms with E-state index in [-0.39, 0.29) is 18.3 Å². The Morgan fingerprint density at radius 2 is 1.96 bits per heavy atom. The van der Waals surface area contributed by atoms with Crippen LogP contribution in [0.2, 0.25) is 0 Å². The molecule has 0 bridgehead atoms. The number of anilines is 1. The Labute approximate surface area is 154 Å². The van der Waals surface area contributed by atoms with Gasteiger partial charge >= 0.3 is 0 Å². The topological polar surface area (TPSA) is 106 Å². The molecule has 0 saturated heterocycles. The zero-order valence-electron chi connectivity index (χ0n) is 14.1. The number of aromatic nitrogens is 4. The summed E-state index contributed by atoms with van der Waals surface area (Å²) >= 11 is 0. The van der Waals surface area contributed by atoms with Gasteiger partial charge in [0.2, 0.25) is 5.82 Å². The summed E-state index contributed by atoms with van der Waals surface area (Å²) in [6, 6.07) is 20.0. The van der Waals surface area contributed by atoms with Gasteiger partial charge in [-0.1, -0.05) is 41.6 Å². The summed E-state index contributed by atoms with van der Waals surface area (Å²) in [4.78, 5) is 12.4. The van der Waals surface area contributed by atoms with Crippen LogP contribution in [-0.4, -0.2) is 26.5 Å². The number of hydrogen-bond acceptors (Lipinski definition) is 6. The SMILES string of the molecule is O=C(Nc1cccc(OCc2nn[nH]n2)c1)c1ccc(-c2ccccc2)o1. The summed E-state index contributed by atoms with van der Waals surface area (Å²) in [7, 11) is 0. The third kappa shape index (κ3) is 4.01. The summed E-state index contributed by atoms with van der Waals surface area (Å²) in [6.07, 6.45) is 0. The van der Waals surface area contributed by atoms with Crippen LogP contribution in [0.4, 0.5) is 5.69 Å². The van der Waals surface area contributed by atoms with Crippen LogP contribution in [0.5, 0.6) is 5.75 Å². The fourth-order valence-electron chi connectivity index (χ4n) is 2.47. The molecule has 0 aliphatic carbocycles. The van der Waals surface area contributed by atoms with Crippen molar-refractivity contribution in [3.63, 3.8) is 0 Å². The number of nitrogens with one attached hydrogen (secondary N) is 2. The van der Waals surface area contributed by atoms with E-state index in [9.17, 15) is 4.79 Å². The van der Waals surface area contributed by atoms with Crippen molar-refractivity contribution in [2.45, 2.75) is 6.61 Å². The molecule has 2 aromatic carbocycles. The normalized spacial score (nSPS) is 10.5. The van der Waals surface area contributed by atoms with Gasteiger partial charge in [-0.05, 0) is 24.3 Å². The molecule has 0 atom stereocenters. The smallest absolute Gasteiger partial charge is 0.291 e. The number of hydrogen-bond donors (Lipinski definition) is 2. The number of furan rings is 1. The lowest BCUT2D eigenvalue weighted by Crippen LogP contribution is -2.10. The largest absolute Gasteiger partial charge is 0.485 e. The van der Waals surface area contributed by atoms with E-state index in [1.165, 1.54) is 0 Å². The highest BCUT2D eigenvalue weighted by Gasteiger charge is 2.13. The zero-order chi connectivity index (χ0) is 18.5. The lowest BCUT2D eigenvalue weighted by atomic mass is 10.2. The molecule has 0 spiro atoms. The number of nitrogens with zero attached hydrogens (tertiary/aromatic N) is 3. The van der Waals surface area contributed by atoms with Gasteiger partial charge in [0, 0.05) is 17.3 Å². The van der Waals surface area contributed by atoms with Gasteiger partial charge in [0.05, 0.1) is 0 Å². The summed E-state index contributed by atoms with van der Waals surface area (Å²) in [5, 5.41) is 16.2. The van der Waals surface area contributed by atoms with E-state index in [4.69, 9.17) is 9.15 Å². The molecule has 8 heteroatoms. The van der Waals surface area contributed by atoms with Crippen molar-refractivity contribution in [2.24, 2.45) is 0 Å². The molecule has 134 valence electrons. The molecule has 2 N–H and O–H groups in total. The fraction of sp³-hybridized carbons (Fsp3) is 0.0526. The van der Waals surface area contributed by atoms with E-state index < -0.39 is 0 Å². The first-order valence-electron chi connectivity index (χ1n) is 8.20. The molecule has 0 saturated carbocycles. The van der Waals surface area contributed by atoms with Crippen LogP contribution in [0.3, 0.4) is 0 Å². The van der Waals surface area contributed by atoms with E-state index in [2.05, 4.69) is 25.9 Å². The molecule has 0 unspecified atom stereocenters. The fourth-order valence-corrected chi connectivity index (χ4v) is 2.47. The molecule has 8 nitrogen and oxygen atoms in total. The molecule has 27 heavy (non-hydrogen) atoms. The Balaban J connectivity index is 1.42. The molecule has 4 aromatic rings. The van der Waals surface area contributed by atoms with Gasteiger partial charge in [-0.3, -0.25) is 4.79 Å². The maximum absolute atomic E-state index is 12.4. The second-order valence-corrected chi connectivity index (χ2v) is 5.63. The third-order valence-electron chi connectivity index (χ3n) is 3.74. The zero-order valence-corrected chi connectivity index (χ0v) is 14.1. The number of rotatable bonds is 6. The van der Waals surface area contributed by atoms with Gasteiger partial charge in [-0.25, -0.2) is 0 Å². The summed E-state index contributed by atoms with van der Waals surface area (Å²) in [5.74, 6) is 1.54. The standard InChI is InChI=1S/C19H15N5O3/c25-19(17-10-9-16(27-17)13-5-2-1-3-6-13)20-14-7-4-8-15(11-14)26-12-18-21-23-24-22-18/h1-11H,12H2,(H,20,25)(H,21,22,23,24). The average molecular weight is 361 g/mol. The number of tetrazole rings is 1. The maximum Gasteiger partial charge on any atom is 0.291 e. The minimum Gasteiger partial charge on any atom is -0.485 e. The highest BCUT2D eigenvalue weighted by Crippen LogP contribution is 2.23. The predicted molar refractivity (Wildman–Crippen MR) is 97.0 cm³/mol. The predicted octanol–water partition coefficient (Wildman–Crippen LogP) is 3.29. The monoisotopic (exact) mass is 361 g/mol. The average Bonchev–Trinajstić information content (AvgIpc) is 3.39. The number of ether oxygens (including phenoxy) is 1. The van der Waals surface area contributed by atoms with Crippen molar-refractivity contribution in [3.05, 3.63) is 78.3 Å². The molecular weight excluding hydrogens is 346 g/mol. The van der Waals surface area contributed by atoms with Crippen molar-refractivity contribution in [2.75, 3.05) is 5.32 Å². The van der Waals surface area contributed by atoms with E-state index >= 15 is 0 Å². The number of carbonyl (C=O) groups excluding carboxylic acids is 1. The van der Waals surface area contributed by atoms with Crippen LogP contribution in [0.15, 0.2) is 71.1 Å². The molecule has 1 amide bonds. The first kappa shape index (κ1) is 16.5. The van der Waals surface area contributed by atoms with E-state index in [1.54, 1.807) is 36.4 Å². The van der Waals surface area contributed by atoms with Crippen LogP contribution >= 0.6 is 0 Å². The third-order valence-corrected chi connectivity index (χ3v) is 3.74. The molecule has 2 aromatic heterocycles.